The fraction of sp³-hybridized carbons (Fsp3) is 0.533. The molecule has 0 aliphatic heterocycles. The predicted octanol–water partition coefficient (Wildman–Crippen LogP) is 2.82. The lowest BCUT2D eigenvalue weighted by Crippen LogP contribution is -2.32. The largest absolute Gasteiger partial charge is 0.505 e. The molecule has 0 radical (unpaired) electrons. The van der Waals surface area contributed by atoms with Crippen LogP contribution in [0.2, 0.25) is 0 Å². The molecule has 0 atom stereocenters. The molecule has 1 amide bonds. The van der Waals surface area contributed by atoms with E-state index in [-0.39, 0.29) is 12.3 Å². The molecule has 4 nitrogen and oxygen atoms in total. The lowest BCUT2D eigenvalue weighted by molar-refractivity contribution is -0.131. The molecule has 20 heavy (non-hydrogen) atoms. The summed E-state index contributed by atoms with van der Waals surface area (Å²) in [6, 6.07) is 2.48. The molecule has 1 aromatic rings. The molecule has 0 saturated heterocycles. The van der Waals surface area contributed by atoms with E-state index < -0.39 is 17.3 Å². The smallest absolute Gasteiger partial charge is 0.222 e. The van der Waals surface area contributed by atoms with Gasteiger partial charge in [-0.05, 0) is 37.0 Å². The maximum atomic E-state index is 13.1. The second-order valence-electron chi connectivity index (χ2n) is 4.83. The summed E-state index contributed by atoms with van der Waals surface area (Å²) in [5.41, 5.74) is 0.544. The van der Waals surface area contributed by atoms with Gasteiger partial charge < -0.3 is 15.1 Å². The molecule has 0 unspecified atom stereocenters. The lowest BCUT2D eigenvalue weighted by Gasteiger charge is -2.21. The zero-order chi connectivity index (χ0) is 15.1. The molecule has 112 valence electrons. The Balaban J connectivity index is 2.64. The van der Waals surface area contributed by atoms with Crippen molar-refractivity contribution in [3.63, 3.8) is 0 Å². The Morgan fingerprint density at radius 1 is 1.15 bits per heavy atom. The van der Waals surface area contributed by atoms with E-state index in [0.29, 0.717) is 12.0 Å². The number of phenols is 2. The zero-order valence-electron chi connectivity index (χ0n) is 12.0. The number of aromatic hydroxyl groups is 2. The van der Waals surface area contributed by atoms with Gasteiger partial charge in [0.25, 0.3) is 0 Å². The highest BCUT2D eigenvalue weighted by Gasteiger charge is 2.13. The summed E-state index contributed by atoms with van der Waals surface area (Å²) in [5.74, 6) is -2.17. The Morgan fingerprint density at radius 2 is 1.65 bits per heavy atom. The van der Waals surface area contributed by atoms with Crippen LogP contribution in [0.5, 0.6) is 11.5 Å². The Labute approximate surface area is 118 Å². The standard InChI is InChI=1S/C15H22FNO3/c1-3-7-17(8-4-2)14(20)6-5-11-9-12(18)15(16)13(19)10-11/h9-10,18-19H,3-8H2,1-2H3. The van der Waals surface area contributed by atoms with E-state index in [4.69, 9.17) is 0 Å². The molecule has 5 heteroatoms. The van der Waals surface area contributed by atoms with E-state index in [2.05, 4.69) is 0 Å². The number of nitrogens with zero attached hydrogens (tertiary/aromatic N) is 1. The highest BCUT2D eigenvalue weighted by Crippen LogP contribution is 2.27. The van der Waals surface area contributed by atoms with Gasteiger partial charge >= 0.3 is 0 Å². The van der Waals surface area contributed by atoms with Gasteiger partial charge in [-0.3, -0.25) is 4.79 Å². The highest BCUT2D eigenvalue weighted by molar-refractivity contribution is 5.76. The molecule has 0 spiro atoms. The molecule has 2 N–H and O–H groups in total. The van der Waals surface area contributed by atoms with Crippen molar-refractivity contribution in [3.05, 3.63) is 23.5 Å². The van der Waals surface area contributed by atoms with Gasteiger partial charge in [-0.1, -0.05) is 13.8 Å². The Hall–Kier alpha value is -1.78. The molecule has 0 aromatic heterocycles. The number of rotatable bonds is 7. The SMILES string of the molecule is CCCN(CCC)C(=O)CCc1cc(O)c(F)c(O)c1. The first kappa shape index (κ1) is 16.3. The monoisotopic (exact) mass is 283 g/mol. The Morgan fingerprint density at radius 3 is 2.10 bits per heavy atom. The van der Waals surface area contributed by atoms with E-state index in [1.807, 2.05) is 18.7 Å². The van der Waals surface area contributed by atoms with E-state index >= 15 is 0 Å². The van der Waals surface area contributed by atoms with Gasteiger partial charge in [-0.25, -0.2) is 0 Å². The summed E-state index contributed by atoms with van der Waals surface area (Å²) in [4.78, 5) is 13.9. The van der Waals surface area contributed by atoms with Gasteiger partial charge in [0.15, 0.2) is 11.5 Å². The van der Waals surface area contributed by atoms with Crippen LogP contribution in [-0.4, -0.2) is 34.1 Å². The summed E-state index contributed by atoms with van der Waals surface area (Å²) in [6.45, 7) is 5.50. The van der Waals surface area contributed by atoms with Crippen LogP contribution in [0, 0.1) is 5.82 Å². The number of amides is 1. The second kappa shape index (κ2) is 7.72. The fourth-order valence-corrected chi connectivity index (χ4v) is 2.11. The number of carbonyl (C=O) groups excluding carboxylic acids is 1. The van der Waals surface area contributed by atoms with Crippen molar-refractivity contribution in [2.24, 2.45) is 0 Å². The summed E-state index contributed by atoms with van der Waals surface area (Å²) in [7, 11) is 0. The van der Waals surface area contributed by atoms with Crippen LogP contribution in [0.15, 0.2) is 12.1 Å². The maximum absolute atomic E-state index is 13.1. The van der Waals surface area contributed by atoms with Gasteiger partial charge in [0.2, 0.25) is 11.7 Å². The average molecular weight is 283 g/mol. The van der Waals surface area contributed by atoms with E-state index in [1.165, 1.54) is 12.1 Å². The molecule has 0 aliphatic carbocycles. The van der Waals surface area contributed by atoms with Gasteiger partial charge in [-0.15, -0.1) is 0 Å². The third-order valence-corrected chi connectivity index (χ3v) is 3.06. The number of hydrogen-bond acceptors (Lipinski definition) is 3. The van der Waals surface area contributed by atoms with E-state index in [0.717, 1.165) is 25.9 Å². The average Bonchev–Trinajstić information content (AvgIpc) is 2.41. The second-order valence-corrected chi connectivity index (χ2v) is 4.83. The lowest BCUT2D eigenvalue weighted by atomic mass is 10.1. The predicted molar refractivity (Wildman–Crippen MR) is 75.2 cm³/mol. The summed E-state index contributed by atoms with van der Waals surface area (Å²) < 4.78 is 13.1. The Kier molecular flexibility index (Phi) is 6.28. The summed E-state index contributed by atoms with van der Waals surface area (Å²) in [6.07, 6.45) is 2.46. The molecule has 0 bridgehead atoms. The van der Waals surface area contributed by atoms with Crippen molar-refractivity contribution in [3.8, 4) is 11.5 Å². The van der Waals surface area contributed by atoms with Gasteiger partial charge in [-0.2, -0.15) is 4.39 Å². The van der Waals surface area contributed by atoms with Crippen molar-refractivity contribution in [1.29, 1.82) is 0 Å². The summed E-state index contributed by atoms with van der Waals surface area (Å²) >= 11 is 0. The van der Waals surface area contributed by atoms with Gasteiger partial charge in [0.05, 0.1) is 0 Å². The van der Waals surface area contributed by atoms with Crippen molar-refractivity contribution in [2.45, 2.75) is 39.5 Å². The maximum Gasteiger partial charge on any atom is 0.222 e. The minimum atomic E-state index is -1.03. The fourth-order valence-electron chi connectivity index (χ4n) is 2.11. The van der Waals surface area contributed by atoms with Crippen LogP contribution in [0.3, 0.4) is 0 Å². The van der Waals surface area contributed by atoms with Crippen molar-refractivity contribution in [2.75, 3.05) is 13.1 Å². The highest BCUT2D eigenvalue weighted by atomic mass is 19.1. The molecule has 0 aliphatic rings. The van der Waals surface area contributed by atoms with Crippen LogP contribution in [-0.2, 0) is 11.2 Å². The molecular weight excluding hydrogens is 261 g/mol. The third kappa shape index (κ3) is 4.40. The van der Waals surface area contributed by atoms with Gasteiger partial charge in [0.1, 0.15) is 0 Å². The third-order valence-electron chi connectivity index (χ3n) is 3.06. The van der Waals surface area contributed by atoms with Crippen molar-refractivity contribution < 1.29 is 19.4 Å². The number of benzene rings is 1. The van der Waals surface area contributed by atoms with Gasteiger partial charge in [0, 0.05) is 19.5 Å². The molecular formula is C15H22FNO3. The molecule has 0 heterocycles. The quantitative estimate of drug-likeness (QED) is 0.809. The van der Waals surface area contributed by atoms with E-state index in [1.54, 1.807) is 0 Å². The van der Waals surface area contributed by atoms with Crippen molar-refractivity contribution >= 4 is 5.91 Å². The van der Waals surface area contributed by atoms with Crippen LogP contribution in [0.1, 0.15) is 38.7 Å². The molecule has 0 saturated carbocycles. The summed E-state index contributed by atoms with van der Waals surface area (Å²) in [5, 5.41) is 18.6. The minimum Gasteiger partial charge on any atom is -0.505 e. The molecule has 1 aromatic carbocycles. The van der Waals surface area contributed by atoms with Crippen LogP contribution in [0.4, 0.5) is 4.39 Å². The van der Waals surface area contributed by atoms with Crippen LogP contribution >= 0.6 is 0 Å². The number of phenolic OH excluding ortho intramolecular Hbond substituents is 2. The van der Waals surface area contributed by atoms with Crippen LogP contribution < -0.4 is 0 Å². The minimum absolute atomic E-state index is 0.0389. The first-order valence-electron chi connectivity index (χ1n) is 6.97. The Bertz CT molecular complexity index is 433. The first-order chi connectivity index (χ1) is 9.49. The van der Waals surface area contributed by atoms with E-state index in [9.17, 15) is 19.4 Å². The topological polar surface area (TPSA) is 60.8 Å². The van der Waals surface area contributed by atoms with Crippen molar-refractivity contribution in [1.82, 2.24) is 4.90 Å². The number of halogens is 1. The molecule has 1 rings (SSSR count). The zero-order valence-corrected chi connectivity index (χ0v) is 12.0. The number of aryl methyl sites for hydroxylation is 1. The first-order valence-corrected chi connectivity index (χ1v) is 6.97. The number of hydrogen-bond donors (Lipinski definition) is 2. The molecule has 0 fully saturated rings. The normalized spacial score (nSPS) is 10.6. The van der Waals surface area contributed by atoms with Crippen LogP contribution in [0.25, 0.3) is 0 Å². The number of carbonyl (C=O) groups is 1.